The van der Waals surface area contributed by atoms with Gasteiger partial charge >= 0.3 is 0 Å². The van der Waals surface area contributed by atoms with Crippen LogP contribution in [-0.2, 0) is 13.5 Å². The number of phenols is 1. The van der Waals surface area contributed by atoms with Crippen molar-refractivity contribution in [3.8, 4) is 5.75 Å². The number of benzene rings is 2. The van der Waals surface area contributed by atoms with Crippen LogP contribution in [0.5, 0.6) is 5.75 Å². The number of hydrogen-bond donors (Lipinski definition) is 1. The van der Waals surface area contributed by atoms with E-state index in [2.05, 4.69) is 10.2 Å². The predicted molar refractivity (Wildman–Crippen MR) is 93.6 cm³/mol. The fraction of sp³-hybridized carbons (Fsp3) is 0.176. The van der Waals surface area contributed by atoms with Crippen LogP contribution in [0.4, 0.5) is 16.0 Å². The highest BCUT2D eigenvalue weighted by atomic mass is 35.5. The molecule has 0 aliphatic rings. The average molecular weight is 349 g/mol. The molecule has 3 aromatic rings. The highest BCUT2D eigenvalue weighted by Gasteiger charge is 2.14. The van der Waals surface area contributed by atoms with Crippen molar-refractivity contribution in [2.45, 2.75) is 6.42 Å². The fourth-order valence-electron chi connectivity index (χ4n) is 2.43. The summed E-state index contributed by atoms with van der Waals surface area (Å²) >= 11 is 0. The first-order valence-corrected chi connectivity index (χ1v) is 7.20. The predicted octanol–water partition coefficient (Wildman–Crippen LogP) is 3.44. The molecular formula is C17H18ClFN4O. The van der Waals surface area contributed by atoms with Gasteiger partial charge in [-0.15, -0.1) is 22.6 Å². The molecule has 1 N–H and O–H groups in total. The molecule has 0 saturated carbocycles. The third kappa shape index (κ3) is 3.65. The summed E-state index contributed by atoms with van der Waals surface area (Å²) in [6.07, 6.45) is 0.565. The van der Waals surface area contributed by atoms with E-state index in [1.807, 2.05) is 29.6 Å². The maximum Gasteiger partial charge on any atom is 0.231 e. The van der Waals surface area contributed by atoms with Crippen molar-refractivity contribution < 1.29 is 9.50 Å². The van der Waals surface area contributed by atoms with Crippen molar-refractivity contribution in [3.63, 3.8) is 0 Å². The molecule has 24 heavy (non-hydrogen) atoms. The monoisotopic (exact) mass is 348 g/mol. The van der Waals surface area contributed by atoms with Gasteiger partial charge in [-0.05, 0) is 42.0 Å². The first-order chi connectivity index (χ1) is 11.0. The quantitative estimate of drug-likeness (QED) is 0.784. The van der Waals surface area contributed by atoms with Gasteiger partial charge in [0.25, 0.3) is 0 Å². The number of halogens is 2. The van der Waals surface area contributed by atoms with Gasteiger partial charge in [0.2, 0.25) is 5.95 Å². The Bertz CT molecular complexity index is 820. The SMILES string of the molecule is CN(c1ccc(F)cc1)c1nnc(Cc2cccc(O)c2)n1C.Cl. The van der Waals surface area contributed by atoms with E-state index in [0.717, 1.165) is 17.1 Å². The highest BCUT2D eigenvalue weighted by molar-refractivity contribution is 5.85. The molecule has 0 spiro atoms. The number of anilines is 2. The second kappa shape index (κ2) is 7.31. The number of nitrogens with zero attached hydrogens (tertiary/aromatic N) is 4. The van der Waals surface area contributed by atoms with Crippen LogP contribution >= 0.6 is 12.4 Å². The zero-order chi connectivity index (χ0) is 16.4. The minimum absolute atomic E-state index is 0. The van der Waals surface area contributed by atoms with Crippen LogP contribution in [0, 0.1) is 5.82 Å². The molecule has 5 nitrogen and oxygen atoms in total. The molecule has 2 aromatic carbocycles. The first-order valence-electron chi connectivity index (χ1n) is 7.20. The van der Waals surface area contributed by atoms with E-state index in [1.165, 1.54) is 12.1 Å². The maximum absolute atomic E-state index is 13.0. The van der Waals surface area contributed by atoms with Gasteiger partial charge in [0.1, 0.15) is 17.4 Å². The van der Waals surface area contributed by atoms with E-state index in [0.29, 0.717) is 12.4 Å². The largest absolute Gasteiger partial charge is 0.508 e. The van der Waals surface area contributed by atoms with Gasteiger partial charge in [0, 0.05) is 26.2 Å². The highest BCUT2D eigenvalue weighted by Crippen LogP contribution is 2.23. The molecule has 0 amide bonds. The van der Waals surface area contributed by atoms with Gasteiger partial charge in [-0.25, -0.2) is 4.39 Å². The van der Waals surface area contributed by atoms with E-state index >= 15 is 0 Å². The molecule has 126 valence electrons. The molecule has 0 atom stereocenters. The van der Waals surface area contributed by atoms with Crippen molar-refractivity contribution in [2.75, 3.05) is 11.9 Å². The molecule has 0 aliphatic carbocycles. The Kier molecular flexibility index (Phi) is 5.41. The summed E-state index contributed by atoms with van der Waals surface area (Å²) in [6, 6.07) is 13.3. The van der Waals surface area contributed by atoms with Crippen LogP contribution in [0.25, 0.3) is 0 Å². The van der Waals surface area contributed by atoms with E-state index in [-0.39, 0.29) is 24.0 Å². The number of hydrogen-bond acceptors (Lipinski definition) is 4. The summed E-state index contributed by atoms with van der Waals surface area (Å²) in [5.74, 6) is 1.39. The third-order valence-electron chi connectivity index (χ3n) is 3.73. The summed E-state index contributed by atoms with van der Waals surface area (Å²) in [7, 11) is 3.74. The molecule has 0 unspecified atom stereocenters. The zero-order valence-corrected chi connectivity index (χ0v) is 14.2. The van der Waals surface area contributed by atoms with Crippen molar-refractivity contribution in [2.24, 2.45) is 7.05 Å². The van der Waals surface area contributed by atoms with E-state index in [1.54, 1.807) is 30.3 Å². The third-order valence-corrected chi connectivity index (χ3v) is 3.73. The lowest BCUT2D eigenvalue weighted by Gasteiger charge is -2.18. The first kappa shape index (κ1) is 17.7. The topological polar surface area (TPSA) is 54.2 Å². The molecule has 0 fully saturated rings. The maximum atomic E-state index is 13.0. The Labute approximate surface area is 145 Å². The van der Waals surface area contributed by atoms with Crippen molar-refractivity contribution in [1.82, 2.24) is 14.8 Å². The van der Waals surface area contributed by atoms with Gasteiger partial charge in [-0.2, -0.15) is 0 Å². The number of phenolic OH excluding ortho intramolecular Hbond substituents is 1. The van der Waals surface area contributed by atoms with Crippen LogP contribution in [-0.4, -0.2) is 26.9 Å². The molecule has 3 rings (SSSR count). The normalized spacial score (nSPS) is 10.3. The second-order valence-corrected chi connectivity index (χ2v) is 5.36. The fourth-order valence-corrected chi connectivity index (χ4v) is 2.43. The number of aromatic nitrogens is 3. The van der Waals surface area contributed by atoms with Crippen molar-refractivity contribution in [1.29, 1.82) is 0 Å². The molecule has 1 aromatic heterocycles. The van der Waals surface area contributed by atoms with Crippen LogP contribution in [0.15, 0.2) is 48.5 Å². The lowest BCUT2D eigenvalue weighted by atomic mass is 10.1. The van der Waals surface area contributed by atoms with Gasteiger partial charge in [0.05, 0.1) is 0 Å². The Morgan fingerprint density at radius 3 is 2.50 bits per heavy atom. The van der Waals surface area contributed by atoms with Crippen molar-refractivity contribution in [3.05, 3.63) is 65.7 Å². The summed E-state index contributed by atoms with van der Waals surface area (Å²) in [5, 5.41) is 18.0. The summed E-state index contributed by atoms with van der Waals surface area (Å²) in [6.45, 7) is 0. The van der Waals surface area contributed by atoms with Gasteiger partial charge < -0.3 is 10.0 Å². The van der Waals surface area contributed by atoms with E-state index < -0.39 is 0 Å². The second-order valence-electron chi connectivity index (χ2n) is 5.36. The molecule has 0 saturated heterocycles. The zero-order valence-electron chi connectivity index (χ0n) is 13.3. The average Bonchev–Trinajstić information content (AvgIpc) is 2.88. The van der Waals surface area contributed by atoms with Crippen LogP contribution in [0.2, 0.25) is 0 Å². The van der Waals surface area contributed by atoms with Gasteiger partial charge in [-0.3, -0.25) is 4.57 Å². The Morgan fingerprint density at radius 2 is 1.83 bits per heavy atom. The summed E-state index contributed by atoms with van der Waals surface area (Å²) in [4.78, 5) is 1.85. The standard InChI is InChI=1S/C17H17FN4O.ClH/c1-21(14-8-6-13(18)7-9-14)17-20-19-16(22(17)2)11-12-4-3-5-15(23)10-12;/h3-10,23H,11H2,1-2H3;1H. The number of rotatable bonds is 4. The van der Waals surface area contributed by atoms with Crippen LogP contribution < -0.4 is 4.90 Å². The van der Waals surface area contributed by atoms with E-state index in [9.17, 15) is 9.50 Å². The lowest BCUT2D eigenvalue weighted by Crippen LogP contribution is -2.15. The minimum atomic E-state index is -0.273. The van der Waals surface area contributed by atoms with Gasteiger partial charge in [0.15, 0.2) is 0 Å². The summed E-state index contributed by atoms with van der Waals surface area (Å²) < 4.78 is 14.9. The number of aromatic hydroxyl groups is 1. The smallest absolute Gasteiger partial charge is 0.231 e. The summed E-state index contributed by atoms with van der Waals surface area (Å²) in [5.41, 5.74) is 1.78. The molecule has 0 bridgehead atoms. The van der Waals surface area contributed by atoms with Crippen LogP contribution in [0.1, 0.15) is 11.4 Å². The van der Waals surface area contributed by atoms with Gasteiger partial charge in [-0.1, -0.05) is 12.1 Å². The molecule has 0 aliphatic heterocycles. The lowest BCUT2D eigenvalue weighted by molar-refractivity contribution is 0.474. The molecular weight excluding hydrogens is 331 g/mol. The van der Waals surface area contributed by atoms with Crippen LogP contribution in [0.3, 0.4) is 0 Å². The molecule has 7 heteroatoms. The molecule has 1 heterocycles. The van der Waals surface area contributed by atoms with E-state index in [4.69, 9.17) is 0 Å². The Morgan fingerprint density at radius 1 is 1.12 bits per heavy atom. The Hall–Kier alpha value is -2.60. The molecule has 0 radical (unpaired) electrons. The minimum Gasteiger partial charge on any atom is -0.508 e. The Balaban J connectivity index is 0.00000208. The van der Waals surface area contributed by atoms with Crippen molar-refractivity contribution >= 4 is 24.0 Å².